The molecule has 4 aromatic rings. The molecule has 56 heavy (non-hydrogen) atoms. The van der Waals surface area contributed by atoms with Gasteiger partial charge in [0.25, 0.3) is 0 Å². The number of benzene rings is 4. The molecule has 10 heteroatoms. The van der Waals surface area contributed by atoms with Gasteiger partial charge in [-0.05, 0) is 74.4 Å². The third-order valence-electron chi connectivity index (χ3n) is 10.0. The Morgan fingerprint density at radius 2 is 1.30 bits per heavy atom. The molecule has 0 saturated heterocycles. The molecule has 1 aliphatic rings. The van der Waals surface area contributed by atoms with Crippen LogP contribution < -0.4 is 0 Å². The van der Waals surface area contributed by atoms with Crippen LogP contribution in [0.1, 0.15) is 75.1 Å². The molecule has 0 aromatic heterocycles. The van der Waals surface area contributed by atoms with Crippen molar-refractivity contribution in [3.8, 4) is 0 Å². The van der Waals surface area contributed by atoms with Gasteiger partial charge in [0.1, 0.15) is 17.2 Å². The molecular weight excluding hydrogens is 715 g/mol. The number of hydrogen-bond donors (Lipinski definition) is 2. The molecule has 8 nitrogen and oxygen atoms in total. The SMILES string of the molecule is CC(C)(C)OC(=O)N(C[C@@H](O)COC1CCCCC1)[C@H](CO)[C@H](OCc1ccccc1)[C@H](Cc1cc(F)cc(F)c1)N(Cc1ccccc1)Cc1ccccc1. The minimum atomic E-state index is -1.10. The molecule has 0 spiro atoms. The van der Waals surface area contributed by atoms with E-state index in [9.17, 15) is 23.8 Å². The molecule has 4 aromatic carbocycles. The first-order valence-electron chi connectivity index (χ1n) is 19.8. The molecule has 5 rings (SSSR count). The third-order valence-corrected chi connectivity index (χ3v) is 10.0. The highest BCUT2D eigenvalue weighted by Crippen LogP contribution is 2.28. The van der Waals surface area contributed by atoms with E-state index in [1.807, 2.05) is 91.0 Å². The fraction of sp³-hybridized carbons (Fsp3) is 0.457. The summed E-state index contributed by atoms with van der Waals surface area (Å²) in [5.74, 6) is -1.43. The van der Waals surface area contributed by atoms with Gasteiger partial charge in [-0.1, -0.05) is 110 Å². The summed E-state index contributed by atoms with van der Waals surface area (Å²) in [6.07, 6.45) is 2.43. The Balaban J connectivity index is 1.61. The molecule has 2 N–H and O–H groups in total. The van der Waals surface area contributed by atoms with Gasteiger partial charge >= 0.3 is 6.09 Å². The van der Waals surface area contributed by atoms with Crippen LogP contribution in [-0.4, -0.2) is 81.9 Å². The Labute approximate surface area is 331 Å². The van der Waals surface area contributed by atoms with Gasteiger partial charge < -0.3 is 24.4 Å². The van der Waals surface area contributed by atoms with Gasteiger partial charge in [-0.3, -0.25) is 9.80 Å². The van der Waals surface area contributed by atoms with E-state index in [0.717, 1.165) is 54.9 Å². The van der Waals surface area contributed by atoms with Gasteiger partial charge in [0.2, 0.25) is 0 Å². The van der Waals surface area contributed by atoms with Crippen molar-refractivity contribution in [1.82, 2.24) is 9.80 Å². The van der Waals surface area contributed by atoms with Crippen LogP contribution in [0.4, 0.5) is 13.6 Å². The Kier molecular flexibility index (Phi) is 16.4. The smallest absolute Gasteiger partial charge is 0.410 e. The summed E-state index contributed by atoms with van der Waals surface area (Å²) >= 11 is 0. The van der Waals surface area contributed by atoms with Gasteiger partial charge in [-0.2, -0.15) is 0 Å². The minimum absolute atomic E-state index is 0.00219. The summed E-state index contributed by atoms with van der Waals surface area (Å²) < 4.78 is 48.7. The van der Waals surface area contributed by atoms with Gasteiger partial charge in [0.15, 0.2) is 0 Å². The third kappa shape index (κ3) is 13.8. The molecule has 1 amide bonds. The number of hydrogen-bond acceptors (Lipinski definition) is 7. The Bertz CT molecular complexity index is 1680. The van der Waals surface area contributed by atoms with Gasteiger partial charge in [0, 0.05) is 25.2 Å². The summed E-state index contributed by atoms with van der Waals surface area (Å²) in [5.41, 5.74) is 2.31. The van der Waals surface area contributed by atoms with Gasteiger partial charge in [-0.15, -0.1) is 0 Å². The second kappa shape index (κ2) is 21.4. The fourth-order valence-electron chi connectivity index (χ4n) is 7.40. The van der Waals surface area contributed by atoms with Crippen LogP contribution in [0.25, 0.3) is 0 Å². The largest absolute Gasteiger partial charge is 0.444 e. The Hall–Kier alpha value is -4.19. The number of aliphatic hydroxyl groups excluding tert-OH is 2. The molecule has 302 valence electrons. The van der Waals surface area contributed by atoms with Crippen molar-refractivity contribution in [1.29, 1.82) is 0 Å². The van der Waals surface area contributed by atoms with Crippen LogP contribution in [-0.2, 0) is 40.3 Å². The van der Waals surface area contributed by atoms with Crippen LogP contribution >= 0.6 is 0 Å². The van der Waals surface area contributed by atoms with E-state index in [4.69, 9.17) is 14.2 Å². The van der Waals surface area contributed by atoms with E-state index in [0.29, 0.717) is 18.7 Å². The lowest BCUT2D eigenvalue weighted by atomic mass is 9.92. The number of rotatable bonds is 19. The molecule has 1 saturated carbocycles. The highest BCUT2D eigenvalue weighted by atomic mass is 19.1. The number of aliphatic hydroxyl groups is 2. The van der Waals surface area contributed by atoms with Crippen LogP contribution in [0.5, 0.6) is 0 Å². The van der Waals surface area contributed by atoms with Crippen molar-refractivity contribution in [2.24, 2.45) is 0 Å². The quantitative estimate of drug-likeness (QED) is 0.0989. The highest BCUT2D eigenvalue weighted by Gasteiger charge is 2.41. The zero-order valence-corrected chi connectivity index (χ0v) is 32.9. The van der Waals surface area contributed by atoms with Crippen molar-refractivity contribution < 1.29 is 38.0 Å². The fourth-order valence-corrected chi connectivity index (χ4v) is 7.40. The number of carbonyl (C=O) groups excluding carboxylic acids is 1. The van der Waals surface area contributed by atoms with Crippen LogP contribution in [0.3, 0.4) is 0 Å². The Morgan fingerprint density at radius 3 is 1.82 bits per heavy atom. The maximum absolute atomic E-state index is 14.9. The monoisotopic (exact) mass is 772 g/mol. The summed E-state index contributed by atoms with van der Waals surface area (Å²) in [6, 6.07) is 31.0. The zero-order valence-electron chi connectivity index (χ0n) is 32.9. The van der Waals surface area contributed by atoms with Gasteiger partial charge in [-0.25, -0.2) is 13.6 Å². The minimum Gasteiger partial charge on any atom is -0.444 e. The number of nitrogens with zero attached hydrogens (tertiary/aromatic N) is 2. The van der Waals surface area contributed by atoms with E-state index in [1.54, 1.807) is 20.8 Å². The maximum Gasteiger partial charge on any atom is 0.410 e. The van der Waals surface area contributed by atoms with E-state index < -0.39 is 54.2 Å². The van der Waals surface area contributed by atoms with Crippen molar-refractivity contribution in [3.63, 3.8) is 0 Å². The number of ether oxygens (including phenoxy) is 3. The molecule has 0 radical (unpaired) electrons. The topological polar surface area (TPSA) is 91.7 Å². The highest BCUT2D eigenvalue weighted by molar-refractivity contribution is 5.68. The van der Waals surface area contributed by atoms with Crippen molar-refractivity contribution in [2.45, 2.75) is 115 Å². The molecule has 0 heterocycles. The molecular formula is C46H58F2N2O6. The van der Waals surface area contributed by atoms with Crippen molar-refractivity contribution >= 4 is 6.09 Å². The van der Waals surface area contributed by atoms with E-state index in [-0.39, 0.29) is 32.3 Å². The van der Waals surface area contributed by atoms with E-state index >= 15 is 0 Å². The van der Waals surface area contributed by atoms with Crippen LogP contribution in [0, 0.1) is 11.6 Å². The molecule has 0 bridgehead atoms. The second-order valence-electron chi connectivity index (χ2n) is 15.8. The molecule has 0 aliphatic heterocycles. The second-order valence-corrected chi connectivity index (χ2v) is 15.8. The first kappa shape index (κ1) is 42.9. The average Bonchev–Trinajstić information content (AvgIpc) is 3.17. The number of carbonyl (C=O) groups is 1. The van der Waals surface area contributed by atoms with E-state index in [2.05, 4.69) is 4.90 Å². The average molecular weight is 773 g/mol. The predicted molar refractivity (Wildman–Crippen MR) is 214 cm³/mol. The molecule has 0 unspecified atom stereocenters. The molecule has 1 aliphatic carbocycles. The first-order valence-corrected chi connectivity index (χ1v) is 19.8. The van der Waals surface area contributed by atoms with Gasteiger partial charge in [0.05, 0.1) is 50.7 Å². The lowest BCUT2D eigenvalue weighted by Crippen LogP contribution is -2.60. The summed E-state index contributed by atoms with van der Waals surface area (Å²) in [7, 11) is 0. The zero-order chi connectivity index (χ0) is 39.9. The van der Waals surface area contributed by atoms with Crippen LogP contribution in [0.2, 0.25) is 0 Å². The number of halogens is 2. The normalized spacial score (nSPS) is 15.9. The molecule has 1 fully saturated rings. The standard InChI is InChI=1S/C46H58F2N2O6/c1-46(2,3)56-45(53)50(30-40(52)33-54-41-22-14-7-15-23-41)43(31-51)44(55-32-36-20-12-6-13-21-36)42(26-37-24-38(47)27-39(48)25-37)49(28-34-16-8-4-9-17-34)29-35-18-10-5-11-19-35/h4-6,8-13,16-21,24-25,27,40-44,51-52H,7,14-15,22-23,26,28-33H2,1-3H3/t40-,42+,43-,44-/m1/s1. The maximum atomic E-state index is 14.9. The Morgan fingerprint density at radius 1 is 0.768 bits per heavy atom. The lowest BCUT2D eigenvalue weighted by molar-refractivity contribution is -0.0997. The lowest BCUT2D eigenvalue weighted by Gasteiger charge is -2.44. The summed E-state index contributed by atoms with van der Waals surface area (Å²) in [5, 5.41) is 22.9. The first-order chi connectivity index (χ1) is 27.0. The summed E-state index contributed by atoms with van der Waals surface area (Å²) in [4.78, 5) is 17.8. The van der Waals surface area contributed by atoms with Crippen molar-refractivity contribution in [2.75, 3.05) is 19.8 Å². The number of amides is 1. The van der Waals surface area contributed by atoms with E-state index in [1.165, 1.54) is 17.0 Å². The molecule has 4 atom stereocenters. The predicted octanol–water partition coefficient (Wildman–Crippen LogP) is 8.47. The van der Waals surface area contributed by atoms with Crippen LogP contribution in [0.15, 0.2) is 109 Å². The summed E-state index contributed by atoms with van der Waals surface area (Å²) in [6.45, 7) is 5.42. The van der Waals surface area contributed by atoms with Crippen molar-refractivity contribution in [3.05, 3.63) is 143 Å².